The minimum Gasteiger partial charge on any atom is -0.350 e. The highest BCUT2D eigenvalue weighted by Crippen LogP contribution is 2.43. The van der Waals surface area contributed by atoms with Gasteiger partial charge in [-0.3, -0.25) is 4.79 Å². The number of carbonyl (C=O) groups is 1. The van der Waals surface area contributed by atoms with Gasteiger partial charge in [0.25, 0.3) is 5.91 Å². The molecule has 0 bridgehead atoms. The number of anilines is 1. The Hall–Kier alpha value is -3.07. The number of amides is 1. The van der Waals surface area contributed by atoms with Gasteiger partial charge in [-0.25, -0.2) is 0 Å². The number of hydrogen-bond acceptors (Lipinski definition) is 2. The van der Waals surface area contributed by atoms with Crippen LogP contribution in [0.2, 0.25) is 0 Å². The highest BCUT2D eigenvalue weighted by Gasteiger charge is 2.32. The van der Waals surface area contributed by atoms with E-state index in [1.165, 1.54) is 48.0 Å². The second-order valence-corrected chi connectivity index (χ2v) is 8.72. The van der Waals surface area contributed by atoms with E-state index in [9.17, 15) is 4.79 Å². The number of nitrogens with one attached hydrogen (secondary N) is 2. The SMILES string of the molecule is C=C1NC(=O)C(Nc2ccccc2)=C1/C(=C1/CCCC(CCC)C1)c1ccccc1C. The Bertz CT molecular complexity index is 1040. The Balaban J connectivity index is 1.89. The van der Waals surface area contributed by atoms with Crippen LogP contribution in [0.4, 0.5) is 5.69 Å². The average Bonchev–Trinajstić information content (AvgIpc) is 3.04. The smallest absolute Gasteiger partial charge is 0.272 e. The largest absolute Gasteiger partial charge is 0.350 e. The second-order valence-electron chi connectivity index (χ2n) is 8.72. The quantitative estimate of drug-likeness (QED) is 0.551. The van der Waals surface area contributed by atoms with E-state index in [0.717, 1.165) is 30.0 Å². The molecule has 3 nitrogen and oxygen atoms in total. The van der Waals surface area contributed by atoms with Gasteiger partial charge in [-0.05, 0) is 67.4 Å². The predicted octanol–water partition coefficient (Wildman–Crippen LogP) is 6.75. The van der Waals surface area contributed by atoms with Crippen LogP contribution in [0.3, 0.4) is 0 Å². The van der Waals surface area contributed by atoms with Crippen LogP contribution in [0.15, 0.2) is 83.7 Å². The van der Waals surface area contributed by atoms with Crippen LogP contribution in [0, 0.1) is 12.8 Å². The number of rotatable bonds is 6. The Morgan fingerprint density at radius 2 is 1.87 bits per heavy atom. The zero-order valence-corrected chi connectivity index (χ0v) is 18.6. The average molecular weight is 413 g/mol. The lowest BCUT2D eigenvalue weighted by molar-refractivity contribution is -0.116. The highest BCUT2D eigenvalue weighted by atomic mass is 16.2. The van der Waals surface area contributed by atoms with Gasteiger partial charge >= 0.3 is 0 Å². The highest BCUT2D eigenvalue weighted by molar-refractivity contribution is 6.09. The van der Waals surface area contributed by atoms with E-state index in [-0.39, 0.29) is 5.91 Å². The summed E-state index contributed by atoms with van der Waals surface area (Å²) in [4.78, 5) is 13.0. The minimum atomic E-state index is -0.114. The molecule has 0 radical (unpaired) electrons. The summed E-state index contributed by atoms with van der Waals surface area (Å²) in [5.41, 5.74) is 8.19. The van der Waals surface area contributed by atoms with Gasteiger partial charge in [0.1, 0.15) is 5.70 Å². The number of aryl methyl sites for hydroxylation is 1. The van der Waals surface area contributed by atoms with E-state index in [1.807, 2.05) is 30.3 Å². The van der Waals surface area contributed by atoms with Crippen molar-refractivity contribution in [3.8, 4) is 0 Å². The third-order valence-electron chi connectivity index (χ3n) is 6.43. The number of allylic oxidation sites excluding steroid dienone is 2. The summed E-state index contributed by atoms with van der Waals surface area (Å²) >= 11 is 0. The van der Waals surface area contributed by atoms with Gasteiger partial charge in [-0.1, -0.05) is 74.4 Å². The van der Waals surface area contributed by atoms with Gasteiger partial charge in [0.2, 0.25) is 0 Å². The van der Waals surface area contributed by atoms with E-state index in [2.05, 4.69) is 55.3 Å². The molecule has 1 unspecified atom stereocenters. The van der Waals surface area contributed by atoms with Gasteiger partial charge in [0, 0.05) is 17.0 Å². The Morgan fingerprint density at radius 1 is 1.13 bits per heavy atom. The van der Waals surface area contributed by atoms with Gasteiger partial charge in [0.05, 0.1) is 0 Å². The zero-order valence-electron chi connectivity index (χ0n) is 18.6. The van der Waals surface area contributed by atoms with Crippen molar-refractivity contribution >= 4 is 17.2 Å². The van der Waals surface area contributed by atoms with Crippen molar-refractivity contribution in [3.63, 3.8) is 0 Å². The maximum absolute atomic E-state index is 13.0. The zero-order chi connectivity index (χ0) is 21.8. The summed E-state index contributed by atoms with van der Waals surface area (Å²) in [6.45, 7) is 8.66. The van der Waals surface area contributed by atoms with Crippen LogP contribution in [0.1, 0.15) is 56.6 Å². The van der Waals surface area contributed by atoms with Gasteiger partial charge in [-0.15, -0.1) is 0 Å². The molecule has 1 atom stereocenters. The number of hydrogen-bond donors (Lipinski definition) is 2. The molecular weight excluding hydrogens is 380 g/mol. The van der Waals surface area contributed by atoms with Crippen molar-refractivity contribution in [2.24, 2.45) is 5.92 Å². The molecule has 0 spiro atoms. The molecule has 1 heterocycles. The molecule has 2 aliphatic rings. The molecule has 160 valence electrons. The molecule has 2 aromatic rings. The van der Waals surface area contributed by atoms with Crippen LogP contribution < -0.4 is 10.6 Å². The Kier molecular flexibility index (Phi) is 6.41. The molecule has 1 aliphatic heterocycles. The first kappa shape index (κ1) is 21.2. The van der Waals surface area contributed by atoms with E-state index < -0.39 is 0 Å². The Labute approximate surface area is 186 Å². The van der Waals surface area contributed by atoms with Crippen LogP contribution in [-0.2, 0) is 4.79 Å². The molecule has 1 amide bonds. The molecule has 0 saturated heterocycles. The summed E-state index contributed by atoms with van der Waals surface area (Å²) in [5.74, 6) is 0.605. The van der Waals surface area contributed by atoms with Gasteiger partial charge < -0.3 is 10.6 Å². The number of benzene rings is 2. The van der Waals surface area contributed by atoms with Crippen molar-refractivity contribution in [2.75, 3.05) is 5.32 Å². The molecule has 0 aromatic heterocycles. The molecule has 1 fully saturated rings. The summed E-state index contributed by atoms with van der Waals surface area (Å²) in [6, 6.07) is 18.4. The normalized spacial score (nSPS) is 20.6. The van der Waals surface area contributed by atoms with E-state index in [1.54, 1.807) is 0 Å². The number of carbonyl (C=O) groups excluding carboxylic acids is 1. The summed E-state index contributed by atoms with van der Waals surface area (Å²) in [5, 5.41) is 6.37. The van der Waals surface area contributed by atoms with Crippen molar-refractivity contribution in [1.29, 1.82) is 0 Å². The summed E-state index contributed by atoms with van der Waals surface area (Å²) in [7, 11) is 0. The topological polar surface area (TPSA) is 41.1 Å². The third kappa shape index (κ3) is 4.51. The molecule has 3 heteroatoms. The third-order valence-corrected chi connectivity index (χ3v) is 6.43. The van der Waals surface area contributed by atoms with Crippen molar-refractivity contribution in [1.82, 2.24) is 5.32 Å². The number of para-hydroxylation sites is 1. The second kappa shape index (κ2) is 9.38. The molecular formula is C28H32N2O. The monoisotopic (exact) mass is 412 g/mol. The molecule has 31 heavy (non-hydrogen) atoms. The molecule has 1 aliphatic carbocycles. The summed E-state index contributed by atoms with van der Waals surface area (Å²) in [6.07, 6.45) is 7.15. The molecule has 2 aromatic carbocycles. The van der Waals surface area contributed by atoms with Crippen molar-refractivity contribution in [3.05, 3.63) is 94.8 Å². The standard InChI is InChI=1S/C28H32N2O/c1-4-11-21-13-10-14-22(18-21)26(24-17-9-8-12-19(24)2)25-20(3)29-28(31)27(25)30-23-15-6-5-7-16-23/h5-9,12,15-17,21,30H,3-4,10-11,13-14,18H2,1-2H3,(H,29,31)/b26-22-. The first-order valence-electron chi connectivity index (χ1n) is 11.4. The molecule has 1 saturated carbocycles. The van der Waals surface area contributed by atoms with Crippen molar-refractivity contribution < 1.29 is 4.79 Å². The van der Waals surface area contributed by atoms with Crippen LogP contribution in [0.25, 0.3) is 5.57 Å². The van der Waals surface area contributed by atoms with Crippen LogP contribution in [-0.4, -0.2) is 5.91 Å². The lowest BCUT2D eigenvalue weighted by Crippen LogP contribution is -2.19. The maximum Gasteiger partial charge on any atom is 0.272 e. The Morgan fingerprint density at radius 3 is 2.61 bits per heavy atom. The van der Waals surface area contributed by atoms with Crippen LogP contribution in [0.5, 0.6) is 0 Å². The van der Waals surface area contributed by atoms with Gasteiger partial charge in [-0.2, -0.15) is 0 Å². The fourth-order valence-electron chi connectivity index (χ4n) is 4.98. The summed E-state index contributed by atoms with van der Waals surface area (Å²) < 4.78 is 0. The fraction of sp³-hybridized carbons (Fsp3) is 0.321. The lowest BCUT2D eigenvalue weighted by Gasteiger charge is -2.28. The lowest BCUT2D eigenvalue weighted by atomic mass is 9.77. The molecule has 2 N–H and O–H groups in total. The van der Waals surface area contributed by atoms with Gasteiger partial charge in [0.15, 0.2) is 0 Å². The maximum atomic E-state index is 13.0. The first-order valence-corrected chi connectivity index (χ1v) is 11.4. The van der Waals surface area contributed by atoms with Crippen LogP contribution >= 0.6 is 0 Å². The van der Waals surface area contributed by atoms with Crippen molar-refractivity contribution in [2.45, 2.75) is 52.4 Å². The fourth-order valence-corrected chi connectivity index (χ4v) is 4.98. The molecule has 4 rings (SSSR count). The minimum absolute atomic E-state index is 0.114. The van der Waals surface area contributed by atoms with E-state index >= 15 is 0 Å². The first-order chi connectivity index (χ1) is 15.1. The predicted molar refractivity (Wildman–Crippen MR) is 129 cm³/mol. The van der Waals surface area contributed by atoms with E-state index in [0.29, 0.717) is 11.4 Å². The van der Waals surface area contributed by atoms with E-state index in [4.69, 9.17) is 0 Å².